The molecule has 0 spiro atoms. The Bertz CT molecular complexity index is 2180. The first-order valence-electron chi connectivity index (χ1n) is 16.4. The van der Waals surface area contributed by atoms with Gasteiger partial charge in [0.25, 0.3) is 0 Å². The molecule has 0 saturated carbocycles. The van der Waals surface area contributed by atoms with Crippen molar-refractivity contribution in [2.45, 2.75) is 66.5 Å². The number of nitrogens with zero attached hydrogens (tertiary/aromatic N) is 3. The van der Waals surface area contributed by atoms with Gasteiger partial charge in [0.05, 0.1) is 35.2 Å². The van der Waals surface area contributed by atoms with Crippen molar-refractivity contribution in [2.75, 3.05) is 7.11 Å². The molecule has 0 bridgehead atoms. The largest absolute Gasteiger partial charge is 0.677 e. The number of aromatic nitrogens is 1. The number of fused-ring (bicyclic) bond motifs is 1. The van der Waals surface area contributed by atoms with E-state index in [-0.39, 0.29) is 11.1 Å². The van der Waals surface area contributed by atoms with Crippen LogP contribution in [-0.4, -0.2) is 29.8 Å². The van der Waals surface area contributed by atoms with Crippen LogP contribution in [0, 0.1) is 37.5 Å². The molecule has 2 aliphatic rings. The number of hydroxylamine groups is 2. The van der Waals surface area contributed by atoms with Gasteiger partial charge in [0.15, 0.2) is 0 Å². The van der Waals surface area contributed by atoms with E-state index in [1.165, 1.54) is 11.1 Å². The first-order valence-corrected chi connectivity index (χ1v) is 16.4. The van der Waals surface area contributed by atoms with Gasteiger partial charge in [-0.15, -0.1) is 0 Å². The molecule has 4 aromatic rings. The fraction of sp³-hybridized carbons (Fsp3) is 0.262. The van der Waals surface area contributed by atoms with Crippen LogP contribution in [0.4, 0.5) is 8.63 Å². The van der Waals surface area contributed by atoms with Crippen LogP contribution < -0.4 is 0 Å². The maximum absolute atomic E-state index is 15.0. The van der Waals surface area contributed by atoms with Gasteiger partial charge in [-0.1, -0.05) is 78.3 Å². The zero-order valence-electron chi connectivity index (χ0n) is 29.6. The summed E-state index contributed by atoms with van der Waals surface area (Å²) in [5.41, 5.74) is 9.96. The highest BCUT2D eigenvalue weighted by molar-refractivity contribution is 6.41. The van der Waals surface area contributed by atoms with Crippen LogP contribution in [0.3, 0.4) is 0 Å². The summed E-state index contributed by atoms with van der Waals surface area (Å²) >= 11 is 0. The lowest BCUT2D eigenvalue weighted by Crippen LogP contribution is -2.44. The van der Waals surface area contributed by atoms with E-state index in [0.717, 1.165) is 38.0 Å². The molecule has 0 saturated heterocycles. The number of aliphatic imine (C=N–C) groups is 1. The molecule has 7 heteroatoms. The summed E-state index contributed by atoms with van der Waals surface area (Å²) in [5, 5.41) is 2.03. The minimum absolute atomic E-state index is 0.291. The molecule has 3 heterocycles. The second kappa shape index (κ2) is 12.8. The molecule has 0 unspecified atom stereocenters. The van der Waals surface area contributed by atoms with E-state index in [4.69, 9.17) is 9.83 Å². The summed E-state index contributed by atoms with van der Waals surface area (Å²) in [4.78, 5) is 10.8. The van der Waals surface area contributed by atoms with E-state index in [2.05, 4.69) is 63.5 Å². The molecule has 3 aromatic carbocycles. The van der Waals surface area contributed by atoms with Crippen molar-refractivity contribution in [2.24, 2.45) is 4.99 Å². The molecule has 0 radical (unpaired) electrons. The smallest absolute Gasteiger partial charge is 0.328 e. The zero-order chi connectivity index (χ0) is 35.2. The van der Waals surface area contributed by atoms with Crippen molar-refractivity contribution in [1.29, 1.82) is 0 Å². The number of hydrogen-bond acceptors (Lipinski definition) is 3. The van der Waals surface area contributed by atoms with E-state index < -0.39 is 7.40 Å². The second-order valence-corrected chi connectivity index (χ2v) is 13.6. The lowest BCUT2D eigenvalue weighted by atomic mass is 9.89. The average Bonchev–Trinajstić information content (AvgIpc) is 3.55. The summed E-state index contributed by atoms with van der Waals surface area (Å²) in [7, 11) is -1.07. The monoisotopic (exact) mass is 651 g/mol. The predicted octanol–water partition coefficient (Wildman–Crippen LogP) is 9.23. The highest BCUT2D eigenvalue weighted by atomic mass is 19.2. The number of allylic oxidation sites excluding steroid dienone is 2. The van der Waals surface area contributed by atoms with Gasteiger partial charge in [0.2, 0.25) is 0 Å². The molecule has 246 valence electrons. The maximum Gasteiger partial charge on any atom is 0.677 e. The predicted molar refractivity (Wildman–Crippen MR) is 196 cm³/mol. The minimum atomic E-state index is -2.78. The highest BCUT2D eigenvalue weighted by Crippen LogP contribution is 2.49. The van der Waals surface area contributed by atoms with Crippen LogP contribution in [0.15, 0.2) is 101 Å². The Balaban J connectivity index is 1.52. The van der Waals surface area contributed by atoms with E-state index in [1.54, 1.807) is 14.0 Å². The number of rotatable bonds is 4. The topological polar surface area (TPSA) is 29.8 Å². The summed E-state index contributed by atoms with van der Waals surface area (Å²) in [5.74, 6) is 13.2. The SMILES string of the molecule is CON1C(C)(C)c2ccc(C#CC3=C(C)/C(=C(\c4ccccc4)c4c(C)c(C#Cc5ccccc5)c(C)n4B(F)F)N=C3C)cc2C1(C)C. The molecule has 0 aliphatic carbocycles. The van der Waals surface area contributed by atoms with Crippen molar-refractivity contribution in [3.8, 4) is 23.7 Å². The number of halogens is 2. The summed E-state index contributed by atoms with van der Waals surface area (Å²) < 4.78 is 31.1. The van der Waals surface area contributed by atoms with Crippen LogP contribution in [0.2, 0.25) is 0 Å². The molecule has 49 heavy (non-hydrogen) atoms. The standard InChI is InChI=1S/C42H40BF2N3O/c1-27-34(23-21-32-22-25-36-37(26-32)42(7,8)48(49-9)41(36,5)6)29(3)46-39(27)38(33-18-14-11-15-19-33)40-28(2)35(30(4)47(40)43(44)45)24-20-31-16-12-10-13-17-31/h10-19,22,25-26H,1-9H3/b39-38-. The molecule has 4 nitrogen and oxygen atoms in total. The zero-order valence-corrected chi connectivity index (χ0v) is 29.6. The molecule has 2 aliphatic heterocycles. The first-order chi connectivity index (χ1) is 23.3. The fourth-order valence-electron chi connectivity index (χ4n) is 7.54. The van der Waals surface area contributed by atoms with Gasteiger partial charge in [-0.05, 0) is 107 Å². The van der Waals surface area contributed by atoms with Crippen molar-refractivity contribution >= 4 is 18.7 Å². The third-order valence-electron chi connectivity index (χ3n) is 9.77. The fourth-order valence-corrected chi connectivity index (χ4v) is 7.54. The highest BCUT2D eigenvalue weighted by Gasteiger charge is 2.49. The Morgan fingerprint density at radius 1 is 0.755 bits per heavy atom. The van der Waals surface area contributed by atoms with Gasteiger partial charge < -0.3 is 9.32 Å². The van der Waals surface area contributed by atoms with Gasteiger partial charge in [0.1, 0.15) is 0 Å². The normalized spacial score (nSPS) is 17.2. The van der Waals surface area contributed by atoms with Crippen LogP contribution >= 0.6 is 0 Å². The van der Waals surface area contributed by atoms with Gasteiger partial charge in [-0.2, -0.15) is 5.06 Å². The Kier molecular flexibility index (Phi) is 8.88. The third kappa shape index (κ3) is 5.78. The molecular weight excluding hydrogens is 611 g/mol. The van der Waals surface area contributed by atoms with E-state index in [1.807, 2.05) is 92.6 Å². The van der Waals surface area contributed by atoms with E-state index in [9.17, 15) is 0 Å². The number of hydrogen-bond donors (Lipinski definition) is 0. The van der Waals surface area contributed by atoms with Crippen molar-refractivity contribution in [1.82, 2.24) is 9.54 Å². The van der Waals surface area contributed by atoms with Crippen LogP contribution in [0.5, 0.6) is 0 Å². The lowest BCUT2D eigenvalue weighted by molar-refractivity contribution is -0.241. The number of benzene rings is 3. The molecule has 0 N–H and O–H groups in total. The van der Waals surface area contributed by atoms with Crippen molar-refractivity contribution in [3.05, 3.63) is 146 Å². The molecule has 1 aromatic heterocycles. The van der Waals surface area contributed by atoms with E-state index in [0.29, 0.717) is 33.8 Å². The summed E-state index contributed by atoms with van der Waals surface area (Å²) in [6.45, 7) is 16.1. The summed E-state index contributed by atoms with van der Waals surface area (Å²) in [6.07, 6.45) is 0. The second-order valence-electron chi connectivity index (χ2n) is 13.6. The van der Waals surface area contributed by atoms with Crippen LogP contribution in [-0.2, 0) is 15.9 Å². The van der Waals surface area contributed by atoms with Gasteiger partial charge in [-0.25, -0.2) is 0 Å². The molecule has 0 atom stereocenters. The lowest BCUT2D eigenvalue weighted by Gasteiger charge is -2.38. The Morgan fingerprint density at radius 2 is 1.37 bits per heavy atom. The van der Waals surface area contributed by atoms with E-state index >= 15 is 8.63 Å². The Morgan fingerprint density at radius 3 is 2.00 bits per heavy atom. The molecule has 0 amide bonds. The van der Waals surface area contributed by atoms with Gasteiger partial charge in [0, 0.05) is 33.7 Å². The average molecular weight is 652 g/mol. The van der Waals surface area contributed by atoms with Crippen molar-refractivity contribution in [3.63, 3.8) is 0 Å². The Hall–Kier alpha value is -4.95. The molecular formula is C42H40BF2N3O. The minimum Gasteiger partial charge on any atom is -0.328 e. The van der Waals surface area contributed by atoms with Gasteiger partial charge >= 0.3 is 7.40 Å². The van der Waals surface area contributed by atoms with Crippen LogP contribution in [0.25, 0.3) is 5.57 Å². The first kappa shape index (κ1) is 33.9. The maximum atomic E-state index is 15.0. The van der Waals surface area contributed by atoms with Crippen molar-refractivity contribution < 1.29 is 13.5 Å². The van der Waals surface area contributed by atoms with Crippen LogP contribution in [0.1, 0.15) is 91.9 Å². The van der Waals surface area contributed by atoms with Gasteiger partial charge in [-0.3, -0.25) is 13.6 Å². The summed E-state index contributed by atoms with van der Waals surface area (Å²) in [6, 6.07) is 25.5. The Labute approximate surface area is 289 Å². The quantitative estimate of drug-likeness (QED) is 0.163. The molecule has 0 fully saturated rings. The molecule has 6 rings (SSSR count). The third-order valence-corrected chi connectivity index (χ3v) is 9.77.